The van der Waals surface area contributed by atoms with Crippen LogP contribution in [0.5, 0.6) is 0 Å². The summed E-state index contributed by atoms with van der Waals surface area (Å²) in [6, 6.07) is 13.2. The zero-order valence-electron chi connectivity index (χ0n) is 10.9. The number of aromatic nitrogens is 3. The number of benzene rings is 1. The van der Waals surface area contributed by atoms with Crippen molar-refractivity contribution in [2.75, 3.05) is 11.9 Å². The first-order valence-electron chi connectivity index (χ1n) is 6.09. The van der Waals surface area contributed by atoms with Gasteiger partial charge in [0.2, 0.25) is 0 Å². The number of hydrogen-bond acceptors (Lipinski definition) is 5. The number of fused-ring (bicyclic) bond motifs is 1. The third-order valence-corrected chi connectivity index (χ3v) is 3.04. The summed E-state index contributed by atoms with van der Waals surface area (Å²) in [4.78, 5) is 14.8. The van der Waals surface area contributed by atoms with Gasteiger partial charge in [0, 0.05) is 25.1 Å². The van der Waals surface area contributed by atoms with Crippen LogP contribution in [0.4, 0.5) is 11.5 Å². The van der Waals surface area contributed by atoms with E-state index in [4.69, 9.17) is 5.26 Å². The Morgan fingerprint density at radius 2 is 1.75 bits per heavy atom. The average Bonchev–Trinajstić information content (AvgIpc) is 2.54. The minimum Gasteiger partial charge on any atom is -0.329 e. The van der Waals surface area contributed by atoms with Crippen LogP contribution < -0.4 is 4.90 Å². The highest BCUT2D eigenvalue weighted by molar-refractivity contribution is 5.73. The summed E-state index contributed by atoms with van der Waals surface area (Å²) in [6.45, 7) is 0. The quantitative estimate of drug-likeness (QED) is 0.709. The molecular weight excluding hydrogens is 250 g/mol. The predicted octanol–water partition coefficient (Wildman–Crippen LogP) is 2.66. The second kappa shape index (κ2) is 4.94. The number of hydrogen-bond donors (Lipinski definition) is 0. The number of anilines is 2. The van der Waals surface area contributed by atoms with Gasteiger partial charge in [-0.1, -0.05) is 0 Å². The van der Waals surface area contributed by atoms with E-state index in [0.717, 1.165) is 17.0 Å². The van der Waals surface area contributed by atoms with Crippen LogP contribution in [0.15, 0.2) is 48.8 Å². The van der Waals surface area contributed by atoms with Gasteiger partial charge >= 0.3 is 0 Å². The number of rotatable bonds is 2. The average molecular weight is 261 g/mol. The lowest BCUT2D eigenvalue weighted by Crippen LogP contribution is -2.11. The molecule has 96 valence electrons. The molecule has 0 aliphatic heterocycles. The summed E-state index contributed by atoms with van der Waals surface area (Å²) in [7, 11) is 1.92. The summed E-state index contributed by atoms with van der Waals surface area (Å²) in [6.07, 6.45) is 3.27. The molecule has 1 aromatic carbocycles. The van der Waals surface area contributed by atoms with E-state index < -0.39 is 0 Å². The van der Waals surface area contributed by atoms with Gasteiger partial charge in [-0.05, 0) is 36.4 Å². The molecule has 3 aromatic rings. The lowest BCUT2D eigenvalue weighted by atomic mass is 10.2. The van der Waals surface area contributed by atoms with Crippen LogP contribution in [-0.4, -0.2) is 22.0 Å². The fourth-order valence-corrected chi connectivity index (χ4v) is 1.92. The Bertz CT molecular complexity index is 789. The largest absolute Gasteiger partial charge is 0.329 e. The molecule has 0 N–H and O–H groups in total. The van der Waals surface area contributed by atoms with Gasteiger partial charge in [0.1, 0.15) is 11.3 Å². The molecule has 0 bridgehead atoms. The Balaban J connectivity index is 1.98. The van der Waals surface area contributed by atoms with Crippen LogP contribution >= 0.6 is 0 Å². The molecule has 0 atom stereocenters. The van der Waals surface area contributed by atoms with E-state index in [2.05, 4.69) is 21.0 Å². The molecule has 0 aliphatic carbocycles. The standard InChI is InChI=1S/C15H11N5/c1-20(12-4-2-11(10-16)3-5-12)14-7-6-13-15(19-14)18-9-8-17-13/h2-9H,1H3. The van der Waals surface area contributed by atoms with E-state index in [1.54, 1.807) is 24.5 Å². The molecule has 2 aromatic heterocycles. The highest BCUT2D eigenvalue weighted by Gasteiger charge is 2.07. The van der Waals surface area contributed by atoms with Crippen molar-refractivity contribution in [3.8, 4) is 6.07 Å². The minimum atomic E-state index is 0.616. The summed E-state index contributed by atoms with van der Waals surface area (Å²) >= 11 is 0. The third-order valence-electron chi connectivity index (χ3n) is 3.04. The predicted molar refractivity (Wildman–Crippen MR) is 76.6 cm³/mol. The van der Waals surface area contributed by atoms with Crippen molar-refractivity contribution in [3.05, 3.63) is 54.4 Å². The SMILES string of the molecule is CN(c1ccc(C#N)cc1)c1ccc2nccnc2n1. The monoisotopic (exact) mass is 261 g/mol. The van der Waals surface area contributed by atoms with Crippen molar-refractivity contribution in [2.45, 2.75) is 0 Å². The summed E-state index contributed by atoms with van der Waals surface area (Å²) < 4.78 is 0. The second-order valence-electron chi connectivity index (χ2n) is 4.29. The van der Waals surface area contributed by atoms with E-state index in [0.29, 0.717) is 11.2 Å². The fourth-order valence-electron chi connectivity index (χ4n) is 1.92. The van der Waals surface area contributed by atoms with Crippen LogP contribution in [0.1, 0.15) is 5.56 Å². The minimum absolute atomic E-state index is 0.616. The lowest BCUT2D eigenvalue weighted by molar-refractivity contribution is 1.12. The molecule has 0 saturated carbocycles. The van der Waals surface area contributed by atoms with Gasteiger partial charge in [-0.2, -0.15) is 5.26 Å². The van der Waals surface area contributed by atoms with Crippen LogP contribution in [0.2, 0.25) is 0 Å². The van der Waals surface area contributed by atoms with Crippen molar-refractivity contribution in [1.82, 2.24) is 15.0 Å². The number of pyridine rings is 1. The fraction of sp³-hybridized carbons (Fsp3) is 0.0667. The molecule has 0 spiro atoms. The Labute approximate surface area is 116 Å². The lowest BCUT2D eigenvalue weighted by Gasteiger charge is -2.18. The van der Waals surface area contributed by atoms with E-state index in [1.165, 1.54) is 0 Å². The first-order valence-corrected chi connectivity index (χ1v) is 6.09. The zero-order valence-corrected chi connectivity index (χ0v) is 10.9. The van der Waals surface area contributed by atoms with E-state index in [-0.39, 0.29) is 0 Å². The number of nitriles is 1. The van der Waals surface area contributed by atoms with Crippen LogP contribution in [0, 0.1) is 11.3 Å². The number of nitrogens with zero attached hydrogens (tertiary/aromatic N) is 5. The highest BCUT2D eigenvalue weighted by Crippen LogP contribution is 2.23. The molecule has 0 unspecified atom stereocenters. The maximum atomic E-state index is 8.81. The smallest absolute Gasteiger partial charge is 0.180 e. The van der Waals surface area contributed by atoms with E-state index in [9.17, 15) is 0 Å². The Morgan fingerprint density at radius 3 is 2.50 bits per heavy atom. The molecule has 0 fully saturated rings. The molecule has 3 rings (SSSR count). The summed E-state index contributed by atoms with van der Waals surface area (Å²) in [5.74, 6) is 0.780. The van der Waals surface area contributed by atoms with Crippen LogP contribution in [0.25, 0.3) is 11.2 Å². The Hall–Kier alpha value is -3.00. The third kappa shape index (κ3) is 2.15. The zero-order chi connectivity index (χ0) is 13.9. The van der Waals surface area contributed by atoms with E-state index >= 15 is 0 Å². The summed E-state index contributed by atoms with van der Waals surface area (Å²) in [5, 5.41) is 8.81. The molecule has 5 heteroatoms. The van der Waals surface area contributed by atoms with Gasteiger partial charge in [-0.25, -0.2) is 9.97 Å². The van der Waals surface area contributed by atoms with Crippen LogP contribution in [-0.2, 0) is 0 Å². The maximum absolute atomic E-state index is 8.81. The molecule has 0 radical (unpaired) electrons. The Morgan fingerprint density at radius 1 is 1.00 bits per heavy atom. The molecule has 0 aliphatic rings. The van der Waals surface area contributed by atoms with Gasteiger partial charge in [-0.15, -0.1) is 0 Å². The first-order chi connectivity index (χ1) is 9.78. The second-order valence-corrected chi connectivity index (χ2v) is 4.29. The van der Waals surface area contributed by atoms with Gasteiger partial charge in [-0.3, -0.25) is 4.98 Å². The van der Waals surface area contributed by atoms with Crippen molar-refractivity contribution in [3.63, 3.8) is 0 Å². The molecular formula is C15H11N5. The van der Waals surface area contributed by atoms with Crippen molar-refractivity contribution < 1.29 is 0 Å². The summed E-state index contributed by atoms with van der Waals surface area (Å²) in [5.41, 5.74) is 2.98. The molecule has 0 amide bonds. The van der Waals surface area contributed by atoms with Crippen molar-refractivity contribution in [1.29, 1.82) is 5.26 Å². The molecule has 5 nitrogen and oxygen atoms in total. The van der Waals surface area contributed by atoms with Gasteiger partial charge in [0.25, 0.3) is 0 Å². The van der Waals surface area contributed by atoms with Crippen molar-refractivity contribution in [2.24, 2.45) is 0 Å². The van der Waals surface area contributed by atoms with E-state index in [1.807, 2.05) is 36.2 Å². The molecule has 0 saturated heterocycles. The van der Waals surface area contributed by atoms with Crippen LogP contribution in [0.3, 0.4) is 0 Å². The van der Waals surface area contributed by atoms with Gasteiger partial charge < -0.3 is 4.90 Å². The molecule has 2 heterocycles. The Kier molecular flexibility index (Phi) is 2.98. The van der Waals surface area contributed by atoms with Gasteiger partial charge in [0.05, 0.1) is 11.6 Å². The first kappa shape index (κ1) is 12.1. The topological polar surface area (TPSA) is 65.7 Å². The maximum Gasteiger partial charge on any atom is 0.180 e. The highest BCUT2D eigenvalue weighted by atomic mass is 15.2. The normalized spacial score (nSPS) is 10.2. The van der Waals surface area contributed by atoms with Gasteiger partial charge in [0.15, 0.2) is 5.65 Å². The molecule has 20 heavy (non-hydrogen) atoms. The van der Waals surface area contributed by atoms with Crippen molar-refractivity contribution >= 4 is 22.7 Å².